The molecule has 0 N–H and O–H groups in total. The molecule has 4 aromatic heterocycles. The predicted octanol–water partition coefficient (Wildman–Crippen LogP) is 3.54. The van der Waals surface area contributed by atoms with Crippen molar-refractivity contribution < 1.29 is 0 Å². The molecule has 29 heavy (non-hydrogen) atoms. The zero-order chi connectivity index (χ0) is 19.8. The number of aryl methyl sites for hydroxylation is 2. The third-order valence-corrected chi connectivity index (χ3v) is 4.82. The zero-order valence-electron chi connectivity index (χ0n) is 16.1. The smallest absolute Gasteiger partial charge is 0.0896 e. The molecule has 0 bridgehead atoms. The molecule has 0 atom stereocenters. The van der Waals surface area contributed by atoms with Crippen LogP contribution in [0.25, 0.3) is 27.8 Å². The topological polar surface area (TPSA) is 52.9 Å². The summed E-state index contributed by atoms with van der Waals surface area (Å²) in [6, 6.07) is 12.4. The van der Waals surface area contributed by atoms with Crippen LogP contribution in [0.1, 0.15) is 11.1 Å². The third-order valence-electron chi connectivity index (χ3n) is 4.82. The fourth-order valence-electron chi connectivity index (χ4n) is 3.39. The van der Waals surface area contributed by atoms with Crippen molar-refractivity contribution in [1.29, 1.82) is 0 Å². The van der Waals surface area contributed by atoms with Crippen LogP contribution in [-0.4, -0.2) is 29.2 Å². The first-order valence-corrected chi connectivity index (χ1v) is 9.24. The Balaban J connectivity index is 1.56. The minimum absolute atomic E-state index is 0.886. The summed E-state index contributed by atoms with van der Waals surface area (Å²) >= 11 is 0. The predicted molar refractivity (Wildman–Crippen MR) is 112 cm³/mol. The van der Waals surface area contributed by atoms with E-state index in [2.05, 4.69) is 51.4 Å². The summed E-state index contributed by atoms with van der Waals surface area (Å²) in [5, 5.41) is 12.9. The number of fused-ring (bicyclic) bond motifs is 1. The molecule has 5 rings (SSSR count). The van der Waals surface area contributed by atoms with E-state index in [9.17, 15) is 0 Å². The molecule has 4 heterocycles. The van der Waals surface area contributed by atoms with Gasteiger partial charge in [-0.1, -0.05) is 36.1 Å². The van der Waals surface area contributed by atoms with Gasteiger partial charge in [0.15, 0.2) is 0 Å². The molecule has 0 aliphatic heterocycles. The first-order valence-electron chi connectivity index (χ1n) is 9.24. The van der Waals surface area contributed by atoms with Gasteiger partial charge in [-0.15, -0.1) is 0 Å². The Kier molecular flexibility index (Phi) is 3.99. The number of pyridine rings is 1. The van der Waals surface area contributed by atoms with Crippen molar-refractivity contribution in [2.75, 3.05) is 0 Å². The van der Waals surface area contributed by atoms with Gasteiger partial charge in [0.1, 0.15) is 0 Å². The van der Waals surface area contributed by atoms with E-state index in [0.29, 0.717) is 0 Å². The van der Waals surface area contributed by atoms with Crippen LogP contribution in [0.15, 0.2) is 73.6 Å². The molecule has 6 heteroatoms. The van der Waals surface area contributed by atoms with Crippen LogP contribution in [0.2, 0.25) is 0 Å². The van der Waals surface area contributed by atoms with Crippen molar-refractivity contribution in [3.8, 4) is 34.1 Å². The second-order valence-corrected chi connectivity index (χ2v) is 6.91. The molecule has 6 nitrogen and oxygen atoms in total. The minimum atomic E-state index is 0.886. The van der Waals surface area contributed by atoms with E-state index in [-0.39, 0.29) is 0 Å². The molecule has 0 fully saturated rings. The lowest BCUT2D eigenvalue weighted by Gasteiger charge is -2.04. The third kappa shape index (κ3) is 3.19. The lowest BCUT2D eigenvalue weighted by atomic mass is 10.0. The maximum atomic E-state index is 4.52. The summed E-state index contributed by atoms with van der Waals surface area (Å²) in [6.07, 6.45) is 11.4. The van der Waals surface area contributed by atoms with Gasteiger partial charge in [-0.2, -0.15) is 15.3 Å². The van der Waals surface area contributed by atoms with Gasteiger partial charge in [-0.25, -0.2) is 4.52 Å². The fraction of sp³-hybridized carbons (Fsp3) is 0.0870. The van der Waals surface area contributed by atoms with Gasteiger partial charge >= 0.3 is 0 Å². The van der Waals surface area contributed by atoms with Crippen molar-refractivity contribution in [3.05, 3.63) is 84.7 Å². The molecule has 1 aromatic carbocycles. The summed E-state index contributed by atoms with van der Waals surface area (Å²) in [5.41, 5.74) is 7.20. The van der Waals surface area contributed by atoms with Crippen LogP contribution >= 0.6 is 0 Å². The lowest BCUT2D eigenvalue weighted by Crippen LogP contribution is -1.89. The first-order chi connectivity index (χ1) is 14.2. The van der Waals surface area contributed by atoms with E-state index in [0.717, 1.165) is 38.9 Å². The summed E-state index contributed by atoms with van der Waals surface area (Å²) in [5.74, 6) is 6.47. The van der Waals surface area contributed by atoms with Crippen LogP contribution in [0.5, 0.6) is 0 Å². The van der Waals surface area contributed by atoms with E-state index >= 15 is 0 Å². The quantitative estimate of drug-likeness (QED) is 0.442. The molecule has 0 radical (unpaired) electrons. The number of hydrogen-bond donors (Lipinski definition) is 0. The Morgan fingerprint density at radius 3 is 2.21 bits per heavy atom. The monoisotopic (exact) mass is 378 g/mol. The lowest BCUT2D eigenvalue weighted by molar-refractivity contribution is 0.767. The van der Waals surface area contributed by atoms with E-state index in [1.54, 1.807) is 10.9 Å². The van der Waals surface area contributed by atoms with Gasteiger partial charge in [-0.05, 0) is 23.3 Å². The molecule has 0 aliphatic rings. The minimum Gasteiger partial charge on any atom is -0.275 e. The molecular weight excluding hydrogens is 360 g/mol. The van der Waals surface area contributed by atoms with Gasteiger partial charge in [0.25, 0.3) is 0 Å². The Morgan fingerprint density at radius 1 is 0.724 bits per heavy atom. The Bertz CT molecular complexity index is 1370. The summed E-state index contributed by atoms with van der Waals surface area (Å²) in [4.78, 5) is 0. The highest BCUT2D eigenvalue weighted by atomic mass is 15.2. The molecule has 0 aliphatic carbocycles. The molecule has 0 saturated carbocycles. The van der Waals surface area contributed by atoms with Crippen molar-refractivity contribution >= 4 is 5.52 Å². The Morgan fingerprint density at radius 2 is 1.48 bits per heavy atom. The second-order valence-electron chi connectivity index (χ2n) is 6.91. The Hall–Kier alpha value is -4.11. The van der Waals surface area contributed by atoms with Gasteiger partial charge in [0, 0.05) is 43.8 Å². The van der Waals surface area contributed by atoms with Gasteiger partial charge in [0.05, 0.1) is 35.2 Å². The van der Waals surface area contributed by atoms with Crippen LogP contribution in [0.3, 0.4) is 0 Å². The number of hydrogen-bond acceptors (Lipinski definition) is 3. The number of benzene rings is 1. The average molecular weight is 378 g/mol. The van der Waals surface area contributed by atoms with Crippen molar-refractivity contribution in [2.45, 2.75) is 0 Å². The van der Waals surface area contributed by atoms with E-state index in [4.69, 9.17) is 0 Å². The van der Waals surface area contributed by atoms with Gasteiger partial charge in [0.2, 0.25) is 0 Å². The summed E-state index contributed by atoms with van der Waals surface area (Å²) < 4.78 is 5.43. The van der Waals surface area contributed by atoms with E-state index in [1.807, 2.05) is 66.4 Å². The number of aromatic nitrogens is 6. The van der Waals surface area contributed by atoms with Crippen LogP contribution in [-0.2, 0) is 14.1 Å². The van der Waals surface area contributed by atoms with Crippen LogP contribution in [0.4, 0.5) is 0 Å². The first kappa shape index (κ1) is 17.0. The highest BCUT2D eigenvalue weighted by Crippen LogP contribution is 2.29. The van der Waals surface area contributed by atoms with Gasteiger partial charge in [-0.3, -0.25) is 9.36 Å². The van der Waals surface area contributed by atoms with E-state index in [1.165, 1.54) is 0 Å². The highest BCUT2D eigenvalue weighted by Gasteiger charge is 2.10. The SMILES string of the molecule is Cn1cc(C#Cc2cccn3ncc(-c4ccc(-c5cnn(C)c5)cc4)c23)cn1. The summed E-state index contributed by atoms with van der Waals surface area (Å²) in [7, 11) is 3.81. The zero-order valence-corrected chi connectivity index (χ0v) is 16.1. The molecule has 0 amide bonds. The van der Waals surface area contributed by atoms with Crippen molar-refractivity contribution in [2.24, 2.45) is 14.1 Å². The van der Waals surface area contributed by atoms with Crippen molar-refractivity contribution in [1.82, 2.24) is 29.2 Å². The van der Waals surface area contributed by atoms with Crippen LogP contribution < -0.4 is 0 Å². The highest BCUT2D eigenvalue weighted by molar-refractivity contribution is 5.85. The maximum absolute atomic E-state index is 4.52. The molecule has 0 spiro atoms. The average Bonchev–Trinajstić information content (AvgIpc) is 3.46. The number of nitrogens with zero attached hydrogens (tertiary/aromatic N) is 6. The largest absolute Gasteiger partial charge is 0.275 e. The normalized spacial score (nSPS) is 10.8. The van der Waals surface area contributed by atoms with E-state index < -0.39 is 0 Å². The summed E-state index contributed by atoms with van der Waals surface area (Å²) in [6.45, 7) is 0. The number of rotatable bonds is 2. The maximum Gasteiger partial charge on any atom is 0.0896 e. The fourth-order valence-corrected chi connectivity index (χ4v) is 3.39. The molecule has 0 unspecified atom stereocenters. The van der Waals surface area contributed by atoms with Crippen molar-refractivity contribution in [3.63, 3.8) is 0 Å². The molecule has 0 saturated heterocycles. The van der Waals surface area contributed by atoms with Crippen LogP contribution in [0, 0.1) is 11.8 Å². The van der Waals surface area contributed by atoms with Gasteiger partial charge < -0.3 is 0 Å². The molecule has 5 aromatic rings. The standard InChI is InChI=1S/C23H18N6/c1-27-15-17(12-24-27)5-6-20-4-3-11-29-23(20)22(14-26-29)19-9-7-18(8-10-19)21-13-25-28(2)16-21/h3-4,7-16H,1-2H3. The molecular formula is C23H18N6. The molecule has 140 valence electrons. The second kappa shape index (κ2) is 6.80. The Labute approximate surface area is 168 Å².